The number of furan rings is 1. The molecule has 3 nitrogen and oxygen atoms in total. The Labute approximate surface area is 234 Å². The predicted octanol–water partition coefficient (Wildman–Crippen LogP) is 9.46. The summed E-state index contributed by atoms with van der Waals surface area (Å²) in [5.41, 5.74) is 10.3. The fourth-order valence-corrected chi connectivity index (χ4v) is 6.31. The smallest absolute Gasteiger partial charge is 0.258 e. The number of para-hydroxylation sites is 1. The van der Waals surface area contributed by atoms with Crippen molar-refractivity contribution in [2.24, 2.45) is 5.92 Å². The van der Waals surface area contributed by atoms with Crippen LogP contribution in [0.5, 0.6) is 0 Å². The van der Waals surface area contributed by atoms with Crippen molar-refractivity contribution >= 4 is 33.5 Å². The predicted molar refractivity (Wildman–Crippen MR) is 165 cm³/mol. The van der Waals surface area contributed by atoms with Crippen molar-refractivity contribution < 1.29 is 9.21 Å². The van der Waals surface area contributed by atoms with E-state index in [9.17, 15) is 4.79 Å². The van der Waals surface area contributed by atoms with Gasteiger partial charge in [-0.05, 0) is 89.9 Å². The van der Waals surface area contributed by atoms with Crippen LogP contribution in [0.25, 0.3) is 44.2 Å². The van der Waals surface area contributed by atoms with Crippen LogP contribution in [0.15, 0.2) is 114 Å². The van der Waals surface area contributed by atoms with Gasteiger partial charge in [0.15, 0.2) is 0 Å². The molecular formula is C37H31NO2. The second-order valence-corrected chi connectivity index (χ2v) is 11.1. The van der Waals surface area contributed by atoms with Gasteiger partial charge in [-0.2, -0.15) is 0 Å². The summed E-state index contributed by atoms with van der Waals surface area (Å²) in [4.78, 5) is 16.2. The number of anilines is 1. The fraction of sp³-hybridized carbons (Fsp3) is 0.162. The van der Waals surface area contributed by atoms with Crippen LogP contribution in [-0.2, 0) is 6.42 Å². The highest BCUT2D eigenvalue weighted by Crippen LogP contribution is 2.39. The second kappa shape index (κ2) is 9.53. The number of hydrogen-bond donors (Lipinski definition) is 0. The van der Waals surface area contributed by atoms with E-state index in [2.05, 4.69) is 93.6 Å². The lowest BCUT2D eigenvalue weighted by atomic mass is 9.91. The molecule has 0 aliphatic carbocycles. The third kappa shape index (κ3) is 3.93. The van der Waals surface area contributed by atoms with Crippen molar-refractivity contribution in [3.8, 4) is 22.3 Å². The number of aryl methyl sites for hydroxylation is 1. The van der Waals surface area contributed by atoms with E-state index in [1.54, 1.807) is 0 Å². The normalized spacial score (nSPS) is 17.3. The molecule has 7 rings (SSSR count). The summed E-state index contributed by atoms with van der Waals surface area (Å²) in [5.74, 6) is 0.361. The minimum Gasteiger partial charge on any atom is -0.456 e. The maximum Gasteiger partial charge on any atom is 0.258 e. The van der Waals surface area contributed by atoms with Gasteiger partial charge in [0.2, 0.25) is 0 Å². The third-order valence-electron chi connectivity index (χ3n) is 8.60. The van der Waals surface area contributed by atoms with Crippen molar-refractivity contribution in [1.29, 1.82) is 0 Å². The van der Waals surface area contributed by atoms with Gasteiger partial charge in [-0.1, -0.05) is 85.8 Å². The first kappa shape index (κ1) is 24.4. The molecule has 6 aromatic rings. The lowest BCUT2D eigenvalue weighted by Crippen LogP contribution is -2.41. The minimum atomic E-state index is 0.0610. The average Bonchev–Trinajstić information content (AvgIpc) is 3.33. The van der Waals surface area contributed by atoms with E-state index < -0.39 is 0 Å². The number of nitrogens with zero attached hydrogens (tertiary/aromatic N) is 1. The van der Waals surface area contributed by atoms with E-state index in [0.717, 1.165) is 67.4 Å². The Hall–Kier alpha value is -4.63. The SMILES string of the molecule is Cc1cc(-c2ccccc2)ccc1N1C(=O)c2ccc(-c3cccc4oc5ccccc5c34)cc2CC(C)C1C. The fourth-order valence-electron chi connectivity index (χ4n) is 6.31. The summed E-state index contributed by atoms with van der Waals surface area (Å²) in [5, 5.41) is 2.23. The molecule has 2 heterocycles. The molecule has 1 amide bonds. The third-order valence-corrected chi connectivity index (χ3v) is 8.60. The van der Waals surface area contributed by atoms with Crippen LogP contribution >= 0.6 is 0 Å². The molecule has 40 heavy (non-hydrogen) atoms. The molecule has 0 bridgehead atoms. The van der Waals surface area contributed by atoms with Crippen LogP contribution in [0, 0.1) is 12.8 Å². The number of carbonyl (C=O) groups is 1. The quantitative estimate of drug-likeness (QED) is 0.232. The van der Waals surface area contributed by atoms with E-state index in [0.29, 0.717) is 5.92 Å². The Bertz CT molecular complexity index is 1900. The van der Waals surface area contributed by atoms with E-state index in [4.69, 9.17) is 4.42 Å². The first-order valence-corrected chi connectivity index (χ1v) is 14.0. The molecule has 0 N–H and O–H groups in total. The second-order valence-electron chi connectivity index (χ2n) is 11.1. The summed E-state index contributed by atoms with van der Waals surface area (Å²) >= 11 is 0. The van der Waals surface area contributed by atoms with Gasteiger partial charge in [0.05, 0.1) is 0 Å². The molecule has 0 saturated carbocycles. The summed E-state index contributed by atoms with van der Waals surface area (Å²) in [6.07, 6.45) is 0.843. The maximum atomic E-state index is 14.2. The summed E-state index contributed by atoms with van der Waals surface area (Å²) in [6.45, 7) is 6.54. The summed E-state index contributed by atoms with van der Waals surface area (Å²) < 4.78 is 6.15. The van der Waals surface area contributed by atoms with Gasteiger partial charge in [0, 0.05) is 28.1 Å². The van der Waals surface area contributed by atoms with E-state index >= 15 is 0 Å². The van der Waals surface area contributed by atoms with Gasteiger partial charge in [0.25, 0.3) is 5.91 Å². The van der Waals surface area contributed by atoms with Crippen LogP contribution in [0.4, 0.5) is 5.69 Å². The molecule has 0 radical (unpaired) electrons. The van der Waals surface area contributed by atoms with Crippen LogP contribution in [0.2, 0.25) is 0 Å². The zero-order valence-electron chi connectivity index (χ0n) is 23.0. The Kier molecular flexibility index (Phi) is 5.82. The molecule has 196 valence electrons. The molecule has 2 atom stereocenters. The minimum absolute atomic E-state index is 0.0610. The molecule has 3 heteroatoms. The number of amides is 1. The van der Waals surface area contributed by atoms with Gasteiger partial charge >= 0.3 is 0 Å². The van der Waals surface area contributed by atoms with Crippen LogP contribution in [-0.4, -0.2) is 11.9 Å². The molecule has 1 aliphatic heterocycles. The topological polar surface area (TPSA) is 33.5 Å². The number of carbonyl (C=O) groups excluding carboxylic acids is 1. The van der Waals surface area contributed by atoms with E-state index in [1.807, 2.05) is 41.3 Å². The average molecular weight is 522 g/mol. The van der Waals surface area contributed by atoms with Crippen LogP contribution in [0.3, 0.4) is 0 Å². The lowest BCUT2D eigenvalue weighted by Gasteiger charge is -2.32. The van der Waals surface area contributed by atoms with Gasteiger partial charge in [-0.3, -0.25) is 4.79 Å². The van der Waals surface area contributed by atoms with Crippen LogP contribution in [0.1, 0.15) is 35.3 Å². The van der Waals surface area contributed by atoms with Crippen molar-refractivity contribution in [3.63, 3.8) is 0 Å². The molecule has 1 aromatic heterocycles. The molecule has 0 spiro atoms. The monoisotopic (exact) mass is 521 g/mol. The first-order valence-electron chi connectivity index (χ1n) is 14.0. The Morgan fingerprint density at radius 3 is 2.27 bits per heavy atom. The Balaban J connectivity index is 1.31. The lowest BCUT2D eigenvalue weighted by molar-refractivity contribution is 0.0976. The molecule has 5 aromatic carbocycles. The zero-order chi connectivity index (χ0) is 27.4. The summed E-state index contributed by atoms with van der Waals surface area (Å²) in [7, 11) is 0. The number of hydrogen-bond acceptors (Lipinski definition) is 2. The van der Waals surface area contributed by atoms with Gasteiger partial charge in [0.1, 0.15) is 11.2 Å². The van der Waals surface area contributed by atoms with Crippen LogP contribution < -0.4 is 4.90 Å². The van der Waals surface area contributed by atoms with Gasteiger partial charge in [-0.15, -0.1) is 0 Å². The van der Waals surface area contributed by atoms with Crippen molar-refractivity contribution in [3.05, 3.63) is 126 Å². The molecule has 2 unspecified atom stereocenters. The molecule has 1 aliphatic rings. The van der Waals surface area contributed by atoms with Gasteiger partial charge in [-0.25, -0.2) is 0 Å². The number of rotatable bonds is 3. The van der Waals surface area contributed by atoms with E-state index in [-0.39, 0.29) is 11.9 Å². The highest BCUT2D eigenvalue weighted by molar-refractivity contribution is 6.13. The van der Waals surface area contributed by atoms with Crippen molar-refractivity contribution in [1.82, 2.24) is 0 Å². The first-order chi connectivity index (χ1) is 19.5. The summed E-state index contributed by atoms with van der Waals surface area (Å²) in [6, 6.07) is 37.6. The van der Waals surface area contributed by atoms with Gasteiger partial charge < -0.3 is 9.32 Å². The van der Waals surface area contributed by atoms with Crippen molar-refractivity contribution in [2.75, 3.05) is 4.90 Å². The highest BCUT2D eigenvalue weighted by atomic mass is 16.3. The van der Waals surface area contributed by atoms with E-state index in [1.165, 1.54) is 5.56 Å². The number of benzene rings is 5. The highest BCUT2D eigenvalue weighted by Gasteiger charge is 2.33. The standard InChI is InChI=1S/C37H31NO2/c1-23-20-29-22-28(30-13-9-15-35-36(30)32-12-7-8-14-34(32)40-35)16-18-31(29)37(39)38(25(23)3)33-19-17-27(21-24(33)2)26-10-5-4-6-11-26/h4-19,21-23,25H,20H2,1-3H3. The number of fused-ring (bicyclic) bond motifs is 4. The Morgan fingerprint density at radius 2 is 1.45 bits per heavy atom. The Morgan fingerprint density at radius 1 is 0.700 bits per heavy atom. The molecule has 0 saturated heterocycles. The van der Waals surface area contributed by atoms with Crippen molar-refractivity contribution in [2.45, 2.75) is 33.2 Å². The maximum absolute atomic E-state index is 14.2. The largest absolute Gasteiger partial charge is 0.456 e. The zero-order valence-corrected chi connectivity index (χ0v) is 23.0. The molecular weight excluding hydrogens is 490 g/mol. The molecule has 0 fully saturated rings.